The molecule has 0 aromatic rings. The normalized spacial score (nSPS) is 13.9. The molecule has 0 unspecified atom stereocenters. The summed E-state index contributed by atoms with van der Waals surface area (Å²) in [7, 11) is 0. The van der Waals surface area contributed by atoms with Crippen molar-refractivity contribution in [2.45, 2.75) is 12.2 Å². The van der Waals surface area contributed by atoms with Crippen molar-refractivity contribution in [3.8, 4) is 0 Å². The van der Waals surface area contributed by atoms with Crippen LogP contribution in [0.25, 0.3) is 0 Å². The van der Waals surface area contributed by atoms with E-state index in [1.54, 1.807) is 0 Å². The minimum Gasteiger partial charge on any atom is -0.412 e. The first-order valence-electron chi connectivity index (χ1n) is 2.14. The van der Waals surface area contributed by atoms with E-state index in [1.807, 2.05) is 0 Å². The van der Waals surface area contributed by atoms with Crippen LogP contribution in [0, 0.1) is 0 Å². The summed E-state index contributed by atoms with van der Waals surface area (Å²) in [5, 5.41) is 24.8. The molecule has 0 saturated heterocycles. The van der Waals surface area contributed by atoms with E-state index in [-0.39, 0.29) is 17.2 Å². The number of carbonyl (C=O) groups is 1. The van der Waals surface area contributed by atoms with Crippen LogP contribution >= 0.6 is 0 Å². The summed E-state index contributed by atoms with van der Waals surface area (Å²) in [6.07, 6.45) is -2.63. The van der Waals surface area contributed by atoms with Crippen LogP contribution in [0.5, 0.6) is 0 Å². The minimum atomic E-state index is -1.46. The second-order valence-electron chi connectivity index (χ2n) is 1.38. The number of rotatable bonds is 3. The summed E-state index contributed by atoms with van der Waals surface area (Å²) >= 11 is 0. The number of aliphatic hydroxyl groups excluding tert-OH is 3. The first kappa shape index (κ1) is 16.2. The summed E-state index contributed by atoms with van der Waals surface area (Å²) in [4.78, 5) is 9.58. The van der Waals surface area contributed by atoms with Crippen LogP contribution in [0.2, 0.25) is 0 Å². The maximum absolute atomic E-state index is 9.58. The van der Waals surface area contributed by atoms with Crippen LogP contribution in [-0.4, -0.2) is 51.4 Å². The molecule has 0 rings (SSSR count). The van der Waals surface area contributed by atoms with Gasteiger partial charge < -0.3 is 31.1 Å². The molecule has 0 fully saturated rings. The molecule has 7 N–H and O–H groups in total. The molecule has 6 heteroatoms. The van der Waals surface area contributed by atoms with Gasteiger partial charge in [0.15, 0.2) is 6.29 Å². The van der Waals surface area contributed by atoms with Gasteiger partial charge in [0.25, 0.3) is 0 Å². The van der Waals surface area contributed by atoms with Gasteiger partial charge in [-0.1, -0.05) is 0 Å². The van der Waals surface area contributed by atoms with Gasteiger partial charge in [0.05, 0.1) is 6.61 Å². The molecule has 0 bridgehead atoms. The number of aliphatic hydroxyl groups is 3. The van der Waals surface area contributed by atoms with Crippen molar-refractivity contribution in [2.75, 3.05) is 6.61 Å². The highest BCUT2D eigenvalue weighted by Crippen LogP contribution is 1.85. The standard InChI is InChI=1S/C4H8O4.2H2O/c5-1-3(7)4(8)2-6;;/h1,3-4,6-8H,2H2;2*1H2/t3-,4-;;/m1../s1. The lowest BCUT2D eigenvalue weighted by molar-refractivity contribution is -0.121. The first-order valence-corrected chi connectivity index (χ1v) is 2.14. The van der Waals surface area contributed by atoms with Crippen molar-refractivity contribution in [1.82, 2.24) is 0 Å². The molecule has 0 aliphatic rings. The van der Waals surface area contributed by atoms with Crippen LogP contribution in [0.1, 0.15) is 0 Å². The topological polar surface area (TPSA) is 141 Å². The van der Waals surface area contributed by atoms with E-state index in [4.69, 9.17) is 15.3 Å². The van der Waals surface area contributed by atoms with Gasteiger partial charge in [-0.2, -0.15) is 0 Å². The molecule has 0 aliphatic heterocycles. The molecule has 6 nitrogen and oxygen atoms in total. The van der Waals surface area contributed by atoms with Gasteiger partial charge >= 0.3 is 0 Å². The summed E-state index contributed by atoms with van der Waals surface area (Å²) in [6.45, 7) is -0.597. The van der Waals surface area contributed by atoms with Crippen molar-refractivity contribution in [3.63, 3.8) is 0 Å². The van der Waals surface area contributed by atoms with Gasteiger partial charge in [0, 0.05) is 0 Å². The molecule has 0 aromatic carbocycles. The van der Waals surface area contributed by atoms with Crippen molar-refractivity contribution in [2.24, 2.45) is 0 Å². The predicted molar refractivity (Wildman–Crippen MR) is 32.4 cm³/mol. The second kappa shape index (κ2) is 8.47. The monoisotopic (exact) mass is 156 g/mol. The fourth-order valence-electron chi connectivity index (χ4n) is 0.199. The molecule has 64 valence electrons. The zero-order chi connectivity index (χ0) is 6.57. The lowest BCUT2D eigenvalue weighted by Crippen LogP contribution is -2.30. The Labute approximate surface area is 57.3 Å². The molecule has 0 radical (unpaired) electrons. The van der Waals surface area contributed by atoms with E-state index in [9.17, 15) is 4.79 Å². The lowest BCUT2D eigenvalue weighted by atomic mass is 10.2. The summed E-state index contributed by atoms with van der Waals surface area (Å²) < 4.78 is 0. The Bertz CT molecular complexity index is 74.1. The Hall–Kier alpha value is -0.530. The van der Waals surface area contributed by atoms with Crippen molar-refractivity contribution >= 4 is 6.29 Å². The third-order valence-electron chi connectivity index (χ3n) is 0.721. The van der Waals surface area contributed by atoms with Crippen LogP contribution in [0.4, 0.5) is 0 Å². The largest absolute Gasteiger partial charge is 0.412 e. The van der Waals surface area contributed by atoms with Crippen LogP contribution in [0.3, 0.4) is 0 Å². The van der Waals surface area contributed by atoms with E-state index in [0.717, 1.165) is 0 Å². The molecule has 0 heterocycles. The lowest BCUT2D eigenvalue weighted by Gasteiger charge is -2.06. The fourth-order valence-corrected chi connectivity index (χ4v) is 0.199. The van der Waals surface area contributed by atoms with Crippen LogP contribution in [-0.2, 0) is 4.79 Å². The van der Waals surface area contributed by atoms with E-state index >= 15 is 0 Å². The maximum atomic E-state index is 9.58. The quantitative estimate of drug-likeness (QED) is 0.361. The number of carbonyl (C=O) groups excluding carboxylic acids is 1. The van der Waals surface area contributed by atoms with Crippen molar-refractivity contribution in [3.05, 3.63) is 0 Å². The van der Waals surface area contributed by atoms with Crippen LogP contribution in [0.15, 0.2) is 0 Å². The number of hydrogen-bond donors (Lipinski definition) is 3. The van der Waals surface area contributed by atoms with E-state index in [1.165, 1.54) is 0 Å². The minimum absolute atomic E-state index is 0. The Kier molecular flexibility index (Phi) is 13.7. The van der Waals surface area contributed by atoms with E-state index < -0.39 is 18.8 Å². The van der Waals surface area contributed by atoms with Gasteiger partial charge in [0.1, 0.15) is 12.2 Å². The van der Waals surface area contributed by atoms with E-state index in [2.05, 4.69) is 0 Å². The average Bonchev–Trinajstić information content (AvgIpc) is 1.84. The molecule has 0 aromatic heterocycles. The third kappa shape index (κ3) is 5.60. The summed E-state index contributed by atoms with van der Waals surface area (Å²) in [5.41, 5.74) is 0. The highest BCUT2D eigenvalue weighted by Gasteiger charge is 2.12. The zero-order valence-electron chi connectivity index (χ0n) is 5.19. The molecule has 0 aliphatic carbocycles. The Balaban J connectivity index is -0.000000245. The van der Waals surface area contributed by atoms with Crippen LogP contribution < -0.4 is 0 Å². The highest BCUT2D eigenvalue weighted by atomic mass is 16.4. The SMILES string of the molecule is O.O.O=C[C@@H](O)[C@H](O)CO. The van der Waals surface area contributed by atoms with Crippen molar-refractivity contribution in [1.29, 1.82) is 0 Å². The zero-order valence-corrected chi connectivity index (χ0v) is 5.19. The van der Waals surface area contributed by atoms with Crippen molar-refractivity contribution < 1.29 is 31.1 Å². The molecule has 2 atom stereocenters. The number of aldehydes is 1. The van der Waals surface area contributed by atoms with Gasteiger partial charge in [-0.3, -0.25) is 0 Å². The van der Waals surface area contributed by atoms with Gasteiger partial charge in [-0.15, -0.1) is 0 Å². The molecule has 0 saturated carbocycles. The van der Waals surface area contributed by atoms with Gasteiger partial charge in [-0.25, -0.2) is 0 Å². The first-order chi connectivity index (χ1) is 3.72. The summed E-state index contributed by atoms with van der Waals surface area (Å²) in [6, 6.07) is 0. The molecule has 0 spiro atoms. The average molecular weight is 156 g/mol. The fraction of sp³-hybridized carbons (Fsp3) is 0.750. The molecular formula is C4H12O6. The Morgan fingerprint density at radius 1 is 1.30 bits per heavy atom. The maximum Gasteiger partial charge on any atom is 0.151 e. The highest BCUT2D eigenvalue weighted by molar-refractivity contribution is 5.56. The number of hydrogen-bond acceptors (Lipinski definition) is 4. The summed E-state index contributed by atoms with van der Waals surface area (Å²) in [5.74, 6) is 0. The Morgan fingerprint density at radius 2 is 1.70 bits per heavy atom. The Morgan fingerprint density at radius 3 is 1.80 bits per heavy atom. The second-order valence-corrected chi connectivity index (χ2v) is 1.38. The van der Waals surface area contributed by atoms with Gasteiger partial charge in [0.2, 0.25) is 0 Å². The third-order valence-corrected chi connectivity index (χ3v) is 0.721. The predicted octanol–water partition coefficient (Wildman–Crippen LogP) is -3.75. The van der Waals surface area contributed by atoms with Gasteiger partial charge in [-0.05, 0) is 0 Å². The van der Waals surface area contributed by atoms with E-state index in [0.29, 0.717) is 0 Å². The molecule has 10 heavy (non-hydrogen) atoms. The smallest absolute Gasteiger partial charge is 0.151 e. The molecule has 0 amide bonds. The molecular weight excluding hydrogens is 144 g/mol.